The molecule has 2 fully saturated rings. The Labute approximate surface area is 103 Å². The second-order valence-electron chi connectivity index (χ2n) is 5.28. The molecule has 2 N–H and O–H groups in total. The molecule has 1 saturated carbocycles. The number of carbonyl (C=O) groups excluding carboxylic acids is 1. The Kier molecular flexibility index (Phi) is 4.05. The summed E-state index contributed by atoms with van der Waals surface area (Å²) in [6.07, 6.45) is 5.66. The molecule has 1 heterocycles. The van der Waals surface area contributed by atoms with Gasteiger partial charge in [0.15, 0.2) is 5.79 Å². The normalized spacial score (nSPS) is 26.2. The first-order valence-corrected chi connectivity index (χ1v) is 6.71. The van der Waals surface area contributed by atoms with Gasteiger partial charge in [0, 0.05) is 19.3 Å². The van der Waals surface area contributed by atoms with Crippen molar-refractivity contribution < 1.29 is 14.3 Å². The third kappa shape index (κ3) is 2.99. The Morgan fingerprint density at radius 2 is 1.94 bits per heavy atom. The average Bonchev–Trinajstić information content (AvgIpc) is 2.76. The first-order valence-electron chi connectivity index (χ1n) is 6.71. The summed E-state index contributed by atoms with van der Waals surface area (Å²) in [4.78, 5) is 11.0. The summed E-state index contributed by atoms with van der Waals surface area (Å²) in [6.45, 7) is 3.59. The number of primary amides is 1. The lowest BCUT2D eigenvalue weighted by Crippen LogP contribution is -2.37. The maximum Gasteiger partial charge on any atom is 0.217 e. The highest BCUT2D eigenvalue weighted by atomic mass is 16.7. The van der Waals surface area contributed by atoms with Gasteiger partial charge in [0.05, 0.1) is 13.2 Å². The van der Waals surface area contributed by atoms with Crippen molar-refractivity contribution in [2.75, 3.05) is 13.2 Å². The van der Waals surface area contributed by atoms with Crippen LogP contribution in [0.1, 0.15) is 45.4 Å². The van der Waals surface area contributed by atoms with Crippen LogP contribution in [0, 0.1) is 11.8 Å². The van der Waals surface area contributed by atoms with Crippen molar-refractivity contribution in [1.29, 1.82) is 0 Å². The molecule has 17 heavy (non-hydrogen) atoms. The predicted molar refractivity (Wildman–Crippen MR) is 64.2 cm³/mol. The summed E-state index contributed by atoms with van der Waals surface area (Å²) in [6, 6.07) is 0. The van der Waals surface area contributed by atoms with Gasteiger partial charge in [0.1, 0.15) is 0 Å². The number of hydrogen-bond acceptors (Lipinski definition) is 3. The van der Waals surface area contributed by atoms with E-state index in [4.69, 9.17) is 15.2 Å². The summed E-state index contributed by atoms with van der Waals surface area (Å²) in [5.41, 5.74) is 5.30. The minimum Gasteiger partial charge on any atom is -0.370 e. The van der Waals surface area contributed by atoms with Gasteiger partial charge in [-0.3, -0.25) is 4.79 Å². The van der Waals surface area contributed by atoms with Gasteiger partial charge in [-0.15, -0.1) is 0 Å². The van der Waals surface area contributed by atoms with Crippen molar-refractivity contribution in [3.8, 4) is 0 Å². The Hall–Kier alpha value is -0.610. The Bertz CT molecular complexity index is 264. The molecule has 98 valence electrons. The number of nitrogens with two attached hydrogens (primary N) is 1. The van der Waals surface area contributed by atoms with Gasteiger partial charge in [-0.25, -0.2) is 0 Å². The van der Waals surface area contributed by atoms with E-state index in [0.29, 0.717) is 18.3 Å². The highest BCUT2D eigenvalue weighted by Gasteiger charge is 2.41. The van der Waals surface area contributed by atoms with Crippen molar-refractivity contribution in [3.05, 3.63) is 0 Å². The van der Waals surface area contributed by atoms with Crippen LogP contribution in [0.4, 0.5) is 0 Å². The molecule has 1 unspecified atom stereocenters. The van der Waals surface area contributed by atoms with Gasteiger partial charge in [-0.1, -0.05) is 13.3 Å². The summed E-state index contributed by atoms with van der Waals surface area (Å²) in [5, 5.41) is 0. The monoisotopic (exact) mass is 241 g/mol. The zero-order valence-electron chi connectivity index (χ0n) is 10.6. The topological polar surface area (TPSA) is 61.6 Å². The van der Waals surface area contributed by atoms with Crippen LogP contribution in [0.2, 0.25) is 0 Å². The fraction of sp³-hybridized carbons (Fsp3) is 0.923. The maximum atomic E-state index is 11.0. The number of rotatable bonds is 4. The number of amides is 1. The smallest absolute Gasteiger partial charge is 0.217 e. The van der Waals surface area contributed by atoms with Crippen LogP contribution in [0.25, 0.3) is 0 Å². The molecule has 2 aliphatic rings. The second kappa shape index (κ2) is 5.36. The fourth-order valence-corrected chi connectivity index (χ4v) is 3.24. The molecule has 4 nitrogen and oxygen atoms in total. The van der Waals surface area contributed by atoms with Gasteiger partial charge in [0.25, 0.3) is 0 Å². The number of hydrogen-bond donors (Lipinski definition) is 1. The van der Waals surface area contributed by atoms with E-state index >= 15 is 0 Å². The molecule has 0 bridgehead atoms. The number of carbonyl (C=O) groups is 1. The summed E-state index contributed by atoms with van der Waals surface area (Å²) < 4.78 is 11.4. The second-order valence-corrected chi connectivity index (χ2v) is 5.28. The van der Waals surface area contributed by atoms with Crippen molar-refractivity contribution in [1.82, 2.24) is 0 Å². The first kappa shape index (κ1) is 12.8. The van der Waals surface area contributed by atoms with E-state index in [2.05, 4.69) is 6.92 Å². The minimum atomic E-state index is -0.290. The van der Waals surface area contributed by atoms with Crippen LogP contribution >= 0.6 is 0 Å². The van der Waals surface area contributed by atoms with Gasteiger partial charge < -0.3 is 15.2 Å². The maximum absolute atomic E-state index is 11.0. The quantitative estimate of drug-likeness (QED) is 0.816. The molecule has 1 saturated heterocycles. The van der Waals surface area contributed by atoms with Gasteiger partial charge in [0.2, 0.25) is 5.91 Å². The van der Waals surface area contributed by atoms with Gasteiger partial charge in [-0.2, -0.15) is 0 Å². The highest BCUT2D eigenvalue weighted by molar-refractivity contribution is 5.74. The SMILES string of the molecule is CCC(CC(N)=O)C1CCC2(CC1)OCCO2. The summed E-state index contributed by atoms with van der Waals surface area (Å²) >= 11 is 0. The van der Waals surface area contributed by atoms with Crippen molar-refractivity contribution in [2.24, 2.45) is 17.6 Å². The predicted octanol–water partition coefficient (Wildman–Crippen LogP) is 1.82. The summed E-state index contributed by atoms with van der Waals surface area (Å²) in [5.74, 6) is 0.573. The molecule has 4 heteroatoms. The fourth-order valence-electron chi connectivity index (χ4n) is 3.24. The first-order chi connectivity index (χ1) is 8.15. The van der Waals surface area contributed by atoms with Crippen LogP contribution < -0.4 is 5.73 Å². The van der Waals surface area contributed by atoms with Crippen LogP contribution in [-0.2, 0) is 14.3 Å². The zero-order chi connectivity index (χ0) is 12.3. The average molecular weight is 241 g/mol. The molecule has 1 aliphatic heterocycles. The third-order valence-electron chi connectivity index (χ3n) is 4.26. The highest BCUT2D eigenvalue weighted by Crippen LogP contribution is 2.42. The van der Waals surface area contributed by atoms with E-state index < -0.39 is 0 Å². The van der Waals surface area contributed by atoms with E-state index in [1.165, 1.54) is 0 Å². The third-order valence-corrected chi connectivity index (χ3v) is 4.26. The Balaban J connectivity index is 1.86. The lowest BCUT2D eigenvalue weighted by atomic mass is 9.75. The lowest BCUT2D eigenvalue weighted by molar-refractivity contribution is -0.185. The molecular weight excluding hydrogens is 218 g/mol. The standard InChI is InChI=1S/C13H23NO3/c1-2-10(9-12(14)15)11-3-5-13(6-4-11)16-7-8-17-13/h10-11H,2-9H2,1H3,(H2,14,15). The van der Waals surface area contributed by atoms with Crippen molar-refractivity contribution in [3.63, 3.8) is 0 Å². The van der Waals surface area contributed by atoms with Gasteiger partial charge in [-0.05, 0) is 24.7 Å². The van der Waals surface area contributed by atoms with E-state index in [-0.39, 0.29) is 11.7 Å². The molecule has 1 aliphatic carbocycles. The van der Waals surface area contributed by atoms with E-state index in [1.807, 2.05) is 0 Å². The molecule has 0 aromatic carbocycles. The van der Waals surface area contributed by atoms with Crippen LogP contribution in [-0.4, -0.2) is 24.9 Å². The van der Waals surface area contributed by atoms with Crippen LogP contribution in [0.15, 0.2) is 0 Å². The minimum absolute atomic E-state index is 0.175. The molecule has 0 radical (unpaired) electrons. The van der Waals surface area contributed by atoms with Crippen molar-refractivity contribution in [2.45, 2.75) is 51.2 Å². The molecular formula is C13H23NO3. The van der Waals surface area contributed by atoms with Gasteiger partial charge >= 0.3 is 0 Å². The molecule has 2 rings (SSSR count). The molecule has 1 spiro atoms. The Morgan fingerprint density at radius 3 is 2.41 bits per heavy atom. The summed E-state index contributed by atoms with van der Waals surface area (Å²) in [7, 11) is 0. The van der Waals surface area contributed by atoms with Crippen LogP contribution in [0.5, 0.6) is 0 Å². The number of ether oxygens (including phenoxy) is 2. The Morgan fingerprint density at radius 1 is 1.35 bits per heavy atom. The van der Waals surface area contributed by atoms with Crippen LogP contribution in [0.3, 0.4) is 0 Å². The zero-order valence-corrected chi connectivity index (χ0v) is 10.6. The molecule has 0 aromatic rings. The largest absolute Gasteiger partial charge is 0.370 e. The van der Waals surface area contributed by atoms with E-state index in [9.17, 15) is 4.79 Å². The van der Waals surface area contributed by atoms with E-state index in [1.54, 1.807) is 0 Å². The molecule has 1 atom stereocenters. The van der Waals surface area contributed by atoms with Crippen molar-refractivity contribution >= 4 is 5.91 Å². The lowest BCUT2D eigenvalue weighted by Gasteiger charge is -2.38. The molecule has 1 amide bonds. The molecule has 0 aromatic heterocycles. The van der Waals surface area contributed by atoms with E-state index in [0.717, 1.165) is 45.3 Å².